The van der Waals surface area contributed by atoms with Crippen LogP contribution < -0.4 is 10.4 Å². The van der Waals surface area contributed by atoms with Crippen LogP contribution in [0.3, 0.4) is 0 Å². The van der Waals surface area contributed by atoms with Crippen LogP contribution in [0, 0.1) is 0 Å². The van der Waals surface area contributed by atoms with Crippen LogP contribution in [-0.2, 0) is 0 Å². The maximum atomic E-state index is 11.8. The van der Waals surface area contributed by atoms with Crippen molar-refractivity contribution in [2.45, 2.75) is 0 Å². The van der Waals surface area contributed by atoms with E-state index in [-0.39, 0.29) is 0 Å². The summed E-state index contributed by atoms with van der Waals surface area (Å²) in [4.78, 5) is 22.5. The normalized spacial score (nSPS) is 10.8. The van der Waals surface area contributed by atoms with Crippen LogP contribution in [0.1, 0.15) is 10.4 Å². The van der Waals surface area contributed by atoms with Gasteiger partial charge in [0.05, 0.1) is 11.9 Å². The number of hydroxylamine groups is 1. The summed E-state index contributed by atoms with van der Waals surface area (Å²) in [7, 11) is 0. The minimum atomic E-state index is -0.570. The second kappa shape index (κ2) is 6.34. The number of anilines is 3. The van der Waals surface area contributed by atoms with Gasteiger partial charge in [-0.2, -0.15) is 0 Å². The smallest absolute Gasteiger partial charge is 0.274 e. The molecule has 0 atom stereocenters. The Morgan fingerprint density at radius 3 is 2.92 bits per heavy atom. The summed E-state index contributed by atoms with van der Waals surface area (Å²) in [6, 6.07) is 12.7. The van der Waals surface area contributed by atoms with E-state index in [0.29, 0.717) is 5.56 Å². The van der Waals surface area contributed by atoms with E-state index >= 15 is 0 Å². The number of nitrogens with one attached hydrogen (secondary N) is 1. The quantitative estimate of drug-likeness (QED) is 0.435. The molecule has 25 heavy (non-hydrogen) atoms. The van der Waals surface area contributed by atoms with Crippen LogP contribution >= 0.6 is 11.3 Å². The molecule has 2 N–H and O–H groups in total. The SMILES string of the molecule is O=C(NO)c1cccc(N(c2nccs2)c2cnc3ccccn23)c1. The minimum absolute atomic E-state index is 0.343. The van der Waals surface area contributed by atoms with Crippen molar-refractivity contribution >= 4 is 39.5 Å². The molecule has 0 unspecified atom stereocenters. The maximum absolute atomic E-state index is 11.8. The number of carbonyl (C=O) groups is 1. The van der Waals surface area contributed by atoms with E-state index in [9.17, 15) is 4.79 Å². The van der Waals surface area contributed by atoms with Crippen LogP contribution in [0.25, 0.3) is 5.65 Å². The number of amides is 1. The summed E-state index contributed by atoms with van der Waals surface area (Å²) >= 11 is 1.48. The van der Waals surface area contributed by atoms with Crippen molar-refractivity contribution in [1.82, 2.24) is 19.8 Å². The lowest BCUT2D eigenvalue weighted by atomic mass is 10.2. The Hall–Kier alpha value is -3.23. The van der Waals surface area contributed by atoms with Crippen molar-refractivity contribution in [3.8, 4) is 0 Å². The van der Waals surface area contributed by atoms with Crippen molar-refractivity contribution in [2.75, 3.05) is 4.90 Å². The fourth-order valence-corrected chi connectivity index (χ4v) is 3.27. The van der Waals surface area contributed by atoms with Crippen molar-refractivity contribution in [2.24, 2.45) is 0 Å². The van der Waals surface area contributed by atoms with Crippen LogP contribution in [0.4, 0.5) is 16.6 Å². The van der Waals surface area contributed by atoms with Crippen molar-refractivity contribution in [1.29, 1.82) is 0 Å². The van der Waals surface area contributed by atoms with Gasteiger partial charge >= 0.3 is 0 Å². The van der Waals surface area contributed by atoms with Gasteiger partial charge in [0.15, 0.2) is 5.13 Å². The molecule has 0 saturated carbocycles. The molecule has 0 aliphatic rings. The Balaban J connectivity index is 1.90. The monoisotopic (exact) mass is 351 g/mol. The van der Waals surface area contributed by atoms with Crippen LogP contribution in [0.2, 0.25) is 0 Å². The Bertz CT molecular complexity index is 1030. The van der Waals surface area contributed by atoms with E-state index in [1.165, 1.54) is 11.3 Å². The van der Waals surface area contributed by atoms with Gasteiger partial charge in [0.25, 0.3) is 5.91 Å². The lowest BCUT2D eigenvalue weighted by molar-refractivity contribution is 0.0706. The summed E-state index contributed by atoms with van der Waals surface area (Å²) in [6.07, 6.45) is 5.40. The predicted molar refractivity (Wildman–Crippen MR) is 94.8 cm³/mol. The number of aromatic nitrogens is 3. The van der Waals surface area contributed by atoms with Gasteiger partial charge in [-0.05, 0) is 30.3 Å². The topological polar surface area (TPSA) is 82.8 Å². The van der Waals surface area contributed by atoms with Gasteiger partial charge in [-0.25, -0.2) is 15.4 Å². The highest BCUT2D eigenvalue weighted by Crippen LogP contribution is 2.36. The first-order valence-electron chi connectivity index (χ1n) is 7.44. The van der Waals surface area contributed by atoms with Gasteiger partial charge in [0.1, 0.15) is 11.5 Å². The van der Waals surface area contributed by atoms with Gasteiger partial charge in [-0.3, -0.25) is 19.3 Å². The molecule has 1 aromatic carbocycles. The molecule has 1 amide bonds. The average molecular weight is 351 g/mol. The molecule has 4 rings (SSSR count). The second-order valence-corrected chi connectivity index (χ2v) is 6.06. The van der Waals surface area contributed by atoms with E-state index < -0.39 is 5.91 Å². The van der Waals surface area contributed by atoms with Gasteiger partial charge in [-0.15, -0.1) is 11.3 Å². The van der Waals surface area contributed by atoms with Crippen LogP contribution in [0.5, 0.6) is 0 Å². The maximum Gasteiger partial charge on any atom is 0.274 e. The molecular weight excluding hydrogens is 338 g/mol. The highest BCUT2D eigenvalue weighted by Gasteiger charge is 2.19. The average Bonchev–Trinajstić information content (AvgIpc) is 3.33. The fraction of sp³-hybridized carbons (Fsp3) is 0. The number of hydrogen-bond donors (Lipinski definition) is 2. The number of carbonyl (C=O) groups excluding carboxylic acids is 1. The van der Waals surface area contributed by atoms with E-state index in [1.807, 2.05) is 45.1 Å². The highest BCUT2D eigenvalue weighted by atomic mass is 32.1. The first-order chi connectivity index (χ1) is 12.3. The molecule has 3 heterocycles. The van der Waals surface area contributed by atoms with Gasteiger partial charge in [-0.1, -0.05) is 12.1 Å². The Labute approximate surface area is 146 Å². The highest BCUT2D eigenvalue weighted by molar-refractivity contribution is 7.13. The second-order valence-electron chi connectivity index (χ2n) is 5.19. The molecular formula is C17H13N5O2S. The van der Waals surface area contributed by atoms with Crippen LogP contribution in [-0.4, -0.2) is 25.5 Å². The predicted octanol–water partition coefficient (Wildman–Crippen LogP) is 3.38. The first-order valence-corrected chi connectivity index (χ1v) is 8.32. The third-order valence-electron chi connectivity index (χ3n) is 3.71. The van der Waals surface area contributed by atoms with Crippen molar-refractivity contribution in [3.63, 3.8) is 0 Å². The zero-order valence-electron chi connectivity index (χ0n) is 12.9. The molecule has 0 bridgehead atoms. The fourth-order valence-electron chi connectivity index (χ4n) is 2.60. The standard InChI is InChI=1S/C17H13N5O2S/c23-16(20-24)12-4-3-5-13(10-12)22(17-18-7-9-25-17)15-11-19-14-6-1-2-8-21(14)15/h1-11,24H,(H,20,23). The van der Waals surface area contributed by atoms with E-state index in [2.05, 4.69) is 9.97 Å². The van der Waals surface area contributed by atoms with Gasteiger partial charge in [0.2, 0.25) is 0 Å². The summed E-state index contributed by atoms with van der Waals surface area (Å²) in [6.45, 7) is 0. The number of thiazole rings is 1. The Morgan fingerprint density at radius 2 is 2.12 bits per heavy atom. The summed E-state index contributed by atoms with van der Waals surface area (Å²) in [5.41, 5.74) is 3.55. The lowest BCUT2D eigenvalue weighted by Crippen LogP contribution is -2.19. The Kier molecular flexibility index (Phi) is 3.88. The Morgan fingerprint density at radius 1 is 1.20 bits per heavy atom. The van der Waals surface area contributed by atoms with E-state index in [1.54, 1.807) is 36.1 Å². The lowest BCUT2D eigenvalue weighted by Gasteiger charge is -2.21. The van der Waals surface area contributed by atoms with E-state index in [0.717, 1.165) is 22.3 Å². The molecule has 0 spiro atoms. The third-order valence-corrected chi connectivity index (χ3v) is 4.46. The molecule has 0 aliphatic heterocycles. The minimum Gasteiger partial charge on any atom is -0.288 e. The summed E-state index contributed by atoms with van der Waals surface area (Å²) in [5, 5.41) is 11.5. The molecule has 0 saturated heterocycles. The molecule has 4 aromatic rings. The van der Waals surface area contributed by atoms with Gasteiger partial charge in [0, 0.05) is 23.3 Å². The number of rotatable bonds is 4. The number of benzene rings is 1. The zero-order chi connectivity index (χ0) is 17.2. The summed E-state index contributed by atoms with van der Waals surface area (Å²) < 4.78 is 1.94. The molecule has 7 nitrogen and oxygen atoms in total. The van der Waals surface area contributed by atoms with Gasteiger partial charge < -0.3 is 0 Å². The van der Waals surface area contributed by atoms with Crippen molar-refractivity contribution < 1.29 is 10.0 Å². The molecule has 124 valence electrons. The number of imidazole rings is 1. The first kappa shape index (κ1) is 15.3. The van der Waals surface area contributed by atoms with Crippen LogP contribution in [0.15, 0.2) is 66.4 Å². The van der Waals surface area contributed by atoms with Crippen molar-refractivity contribution in [3.05, 3.63) is 72.0 Å². The molecule has 3 aromatic heterocycles. The molecule has 0 fully saturated rings. The largest absolute Gasteiger partial charge is 0.288 e. The number of fused-ring (bicyclic) bond motifs is 1. The third kappa shape index (κ3) is 2.73. The van der Waals surface area contributed by atoms with E-state index in [4.69, 9.17) is 5.21 Å². The molecule has 0 aliphatic carbocycles. The molecule has 0 radical (unpaired) electrons. The molecule has 8 heteroatoms. The number of nitrogens with zero attached hydrogens (tertiary/aromatic N) is 4. The number of hydrogen-bond acceptors (Lipinski definition) is 6. The number of pyridine rings is 1. The summed E-state index contributed by atoms with van der Waals surface area (Å²) in [5.74, 6) is 0.228. The zero-order valence-corrected chi connectivity index (χ0v) is 13.7.